The lowest BCUT2D eigenvalue weighted by molar-refractivity contribution is -0.385. The van der Waals surface area contributed by atoms with Crippen LogP contribution >= 0.6 is 7.43 Å². The van der Waals surface area contributed by atoms with Crippen molar-refractivity contribution in [1.29, 1.82) is 0 Å². The van der Waals surface area contributed by atoms with Gasteiger partial charge in [-0.05, 0) is 64.9 Å². The maximum Gasteiger partial charge on any atom is 0.275 e. The van der Waals surface area contributed by atoms with Crippen LogP contribution in [-0.2, 0) is 8.95 Å². The Kier molecular flexibility index (Phi) is 7.53. The van der Waals surface area contributed by atoms with Gasteiger partial charge < -0.3 is 13.4 Å². The van der Waals surface area contributed by atoms with E-state index in [9.17, 15) is 10.1 Å². The molecule has 3 rings (SSSR count). The fraction of sp³-hybridized carbons (Fsp3) is 0.478. The lowest BCUT2D eigenvalue weighted by atomic mass is 10.0. The summed E-state index contributed by atoms with van der Waals surface area (Å²) in [5.74, 6) is -0.626. The topological polar surface area (TPSA) is 77.2 Å². The number of nitro groups is 1. The molecule has 4 atom stereocenters. The van der Waals surface area contributed by atoms with Crippen LogP contribution in [0.3, 0.4) is 0 Å². The van der Waals surface area contributed by atoms with Crippen molar-refractivity contribution in [3.05, 3.63) is 75.8 Å². The van der Waals surface area contributed by atoms with Crippen LogP contribution in [0, 0.1) is 10.1 Å². The molecule has 0 aliphatic carbocycles. The molecule has 2 aromatic rings. The summed E-state index contributed by atoms with van der Waals surface area (Å²) in [6.45, 7) is 15.0. The van der Waals surface area contributed by atoms with E-state index in [0.717, 1.165) is 5.56 Å². The van der Waals surface area contributed by atoms with E-state index < -0.39 is 29.8 Å². The molecular weight excluding hydrogens is 469 g/mol. The molecule has 0 saturated carbocycles. The van der Waals surface area contributed by atoms with E-state index in [1.165, 1.54) is 0 Å². The summed E-state index contributed by atoms with van der Waals surface area (Å²) < 4.78 is 21.5. The molecular formula is C23H36N3O4PSi2. The fourth-order valence-corrected chi connectivity index (χ4v) is 13.4. The molecule has 0 aromatic heterocycles. The monoisotopic (exact) mass is 505 g/mol. The van der Waals surface area contributed by atoms with Crippen molar-refractivity contribution in [2.45, 2.75) is 64.2 Å². The summed E-state index contributed by atoms with van der Waals surface area (Å²) >= 11 is 0. The molecule has 0 bridgehead atoms. The highest BCUT2D eigenvalue weighted by Crippen LogP contribution is 2.74. The summed E-state index contributed by atoms with van der Waals surface area (Å²) in [5, 5.41) is 12.0. The molecule has 1 aliphatic heterocycles. The van der Waals surface area contributed by atoms with E-state index in [1.807, 2.05) is 37.4 Å². The van der Waals surface area contributed by atoms with Gasteiger partial charge in [0.1, 0.15) is 11.9 Å². The Hall–Kier alpha value is -1.62. The minimum Gasteiger partial charge on any atom is -0.402 e. The SMILES string of the molecule is C[C@H]1[C@@H](c2ccccc2)OP(=N[Si](C)(C)C)([C@@H](O[Si](C)(C)C)c2ccccc2[N+](=O)[O-])N1C. The number of nitrogens with zero attached hydrogens (tertiary/aromatic N) is 3. The van der Waals surface area contributed by atoms with Gasteiger partial charge in [-0.15, -0.1) is 0 Å². The molecule has 0 spiro atoms. The number of para-hydroxylation sites is 1. The van der Waals surface area contributed by atoms with Crippen LogP contribution in [0.25, 0.3) is 0 Å². The van der Waals surface area contributed by atoms with Crippen LogP contribution in [-0.4, -0.2) is 39.2 Å². The first-order valence-corrected chi connectivity index (χ1v) is 19.8. The number of hydrogen-bond donors (Lipinski definition) is 0. The zero-order valence-electron chi connectivity index (χ0n) is 20.9. The van der Waals surface area contributed by atoms with Crippen molar-refractivity contribution in [3.63, 3.8) is 0 Å². The lowest BCUT2D eigenvalue weighted by Crippen LogP contribution is -2.32. The van der Waals surface area contributed by atoms with Crippen LogP contribution in [0.1, 0.15) is 30.0 Å². The Morgan fingerprint density at radius 1 is 1.06 bits per heavy atom. The Bertz CT molecular complexity index is 1050. The van der Waals surface area contributed by atoms with Gasteiger partial charge in [0.25, 0.3) is 5.69 Å². The Morgan fingerprint density at radius 2 is 1.64 bits per heavy atom. The van der Waals surface area contributed by atoms with E-state index >= 15 is 0 Å². The molecule has 0 radical (unpaired) electrons. The second kappa shape index (κ2) is 9.56. The third kappa shape index (κ3) is 5.73. The van der Waals surface area contributed by atoms with Gasteiger partial charge in [-0.3, -0.25) is 10.1 Å². The van der Waals surface area contributed by atoms with Gasteiger partial charge in [0.15, 0.2) is 24.0 Å². The van der Waals surface area contributed by atoms with Crippen molar-refractivity contribution >= 4 is 29.7 Å². The zero-order chi connectivity index (χ0) is 24.6. The van der Waals surface area contributed by atoms with E-state index in [-0.39, 0.29) is 22.8 Å². The first kappa shape index (κ1) is 26.0. The van der Waals surface area contributed by atoms with Crippen LogP contribution in [0.15, 0.2) is 59.0 Å². The maximum absolute atomic E-state index is 12.0. The minimum atomic E-state index is -2.80. The van der Waals surface area contributed by atoms with E-state index in [0.29, 0.717) is 5.56 Å². The van der Waals surface area contributed by atoms with Gasteiger partial charge in [-0.2, -0.15) is 0 Å². The molecule has 1 aliphatic rings. The number of rotatable bonds is 7. The summed E-state index contributed by atoms with van der Waals surface area (Å²) in [4.78, 5) is 11.7. The van der Waals surface area contributed by atoms with Crippen molar-refractivity contribution in [2.75, 3.05) is 7.05 Å². The normalized spacial score (nSPS) is 25.1. The third-order valence-corrected chi connectivity index (χ3v) is 13.0. The van der Waals surface area contributed by atoms with Gasteiger partial charge in [0.05, 0.1) is 10.5 Å². The van der Waals surface area contributed by atoms with Gasteiger partial charge in [0, 0.05) is 12.1 Å². The smallest absolute Gasteiger partial charge is 0.275 e. The van der Waals surface area contributed by atoms with Crippen LogP contribution in [0.2, 0.25) is 39.3 Å². The van der Waals surface area contributed by atoms with Gasteiger partial charge >= 0.3 is 0 Å². The number of hydrogen-bond acceptors (Lipinski definition) is 5. The first-order chi connectivity index (χ1) is 15.3. The Labute approximate surface area is 199 Å². The van der Waals surface area contributed by atoms with Crippen LogP contribution < -0.4 is 0 Å². The summed E-state index contributed by atoms with van der Waals surface area (Å²) in [5.41, 5.74) is 1.69. The van der Waals surface area contributed by atoms with Gasteiger partial charge in [-0.1, -0.05) is 42.5 Å². The average Bonchev–Trinajstić information content (AvgIpc) is 2.96. The number of likely N-dealkylation sites (N-methyl/N-ethyl adjacent to an activating group) is 1. The minimum absolute atomic E-state index is 0.0383. The molecule has 1 unspecified atom stereocenters. The maximum atomic E-state index is 12.0. The third-order valence-electron chi connectivity index (χ3n) is 5.49. The molecule has 1 fully saturated rings. The fourth-order valence-electron chi connectivity index (χ4n) is 4.08. The average molecular weight is 506 g/mol. The second-order valence-electron chi connectivity index (χ2n) is 10.5. The number of nitro benzene ring substituents is 1. The van der Waals surface area contributed by atoms with Gasteiger partial charge in [0.2, 0.25) is 0 Å². The Morgan fingerprint density at radius 3 is 2.18 bits per heavy atom. The molecule has 10 heteroatoms. The highest BCUT2D eigenvalue weighted by atomic mass is 31.2. The van der Waals surface area contributed by atoms with E-state index in [4.69, 9.17) is 13.4 Å². The van der Waals surface area contributed by atoms with E-state index in [2.05, 4.69) is 63.0 Å². The molecule has 0 N–H and O–H groups in total. The highest BCUT2D eigenvalue weighted by Gasteiger charge is 2.53. The molecule has 33 heavy (non-hydrogen) atoms. The quantitative estimate of drug-likeness (QED) is 0.169. The van der Waals surface area contributed by atoms with E-state index in [1.54, 1.807) is 12.1 Å². The van der Waals surface area contributed by atoms with Crippen molar-refractivity contribution in [2.24, 2.45) is 4.41 Å². The van der Waals surface area contributed by atoms with Gasteiger partial charge in [-0.25, -0.2) is 4.67 Å². The molecule has 1 saturated heterocycles. The summed E-state index contributed by atoms with van der Waals surface area (Å²) in [7, 11) is -4.95. The summed E-state index contributed by atoms with van der Waals surface area (Å²) in [6.07, 6.45) is -0.194. The largest absolute Gasteiger partial charge is 0.402 e. The molecule has 180 valence electrons. The van der Waals surface area contributed by atoms with Crippen molar-refractivity contribution in [1.82, 2.24) is 4.67 Å². The molecule has 0 amide bonds. The highest BCUT2D eigenvalue weighted by molar-refractivity contribution is 7.60. The molecule has 2 aromatic carbocycles. The number of benzene rings is 2. The van der Waals surface area contributed by atoms with Crippen LogP contribution in [0.4, 0.5) is 5.69 Å². The Balaban J connectivity index is 2.31. The summed E-state index contributed by atoms with van der Waals surface area (Å²) in [6, 6.07) is 17.1. The molecule has 1 heterocycles. The zero-order valence-corrected chi connectivity index (χ0v) is 23.7. The first-order valence-electron chi connectivity index (χ1n) is 11.3. The van der Waals surface area contributed by atoms with Crippen molar-refractivity contribution < 1.29 is 13.9 Å². The predicted molar refractivity (Wildman–Crippen MR) is 140 cm³/mol. The predicted octanol–water partition coefficient (Wildman–Crippen LogP) is 7.40. The van der Waals surface area contributed by atoms with Crippen LogP contribution in [0.5, 0.6) is 0 Å². The lowest BCUT2D eigenvalue weighted by Gasteiger charge is -2.39. The standard InChI is InChI=1S/C23H36N3O4PSi2/c1-18-22(19-14-10-9-11-15-19)29-31(25(18)2,24-32(3,4)5)23(30-33(6,7)8)20-16-12-13-17-21(20)26(27)28/h9-18,22-23H,1-8H3/t18-,22-,23+,31?/m0/s1. The van der Waals surface area contributed by atoms with Crippen molar-refractivity contribution in [3.8, 4) is 0 Å². The molecule has 7 nitrogen and oxygen atoms in total. The second-order valence-corrected chi connectivity index (χ2v) is 22.6.